The van der Waals surface area contributed by atoms with Gasteiger partial charge < -0.3 is 5.32 Å². The van der Waals surface area contributed by atoms with E-state index in [1.54, 1.807) is 12.1 Å². The third kappa shape index (κ3) is 3.02. The predicted octanol–water partition coefficient (Wildman–Crippen LogP) is 3.71. The van der Waals surface area contributed by atoms with E-state index in [0.717, 1.165) is 23.1 Å². The van der Waals surface area contributed by atoms with Gasteiger partial charge in [0, 0.05) is 18.2 Å². The summed E-state index contributed by atoms with van der Waals surface area (Å²) in [6.07, 6.45) is -0.381. The molecule has 1 N–H and O–H groups in total. The van der Waals surface area contributed by atoms with E-state index in [2.05, 4.69) is 10.4 Å². The standard InChI is InChI=1S/C16H18F3N3/c1-2-11-5-3-4-6-14(11)22-15(16(17,18)19)12(10-21-22)9-20-13-7-8-13/h3-6,10,13,20H,2,7-9H2,1H3. The molecular weight excluding hydrogens is 291 g/mol. The van der Waals surface area contributed by atoms with Gasteiger partial charge in [0.05, 0.1) is 11.9 Å². The lowest BCUT2D eigenvalue weighted by atomic mass is 10.1. The average Bonchev–Trinajstić information content (AvgIpc) is 3.21. The van der Waals surface area contributed by atoms with Gasteiger partial charge in [-0.3, -0.25) is 0 Å². The summed E-state index contributed by atoms with van der Waals surface area (Å²) in [5.74, 6) is 0. The summed E-state index contributed by atoms with van der Waals surface area (Å²) in [4.78, 5) is 0. The van der Waals surface area contributed by atoms with Crippen molar-refractivity contribution in [3.8, 4) is 5.69 Å². The van der Waals surface area contributed by atoms with Crippen LogP contribution in [0.3, 0.4) is 0 Å². The van der Waals surface area contributed by atoms with Gasteiger partial charge in [-0.2, -0.15) is 18.3 Å². The number of nitrogens with zero attached hydrogens (tertiary/aromatic N) is 2. The molecule has 0 atom stereocenters. The largest absolute Gasteiger partial charge is 0.433 e. The summed E-state index contributed by atoms with van der Waals surface area (Å²) in [5.41, 5.74) is 0.861. The van der Waals surface area contributed by atoms with Crippen molar-refractivity contribution in [1.29, 1.82) is 0 Å². The normalized spacial score (nSPS) is 15.3. The molecule has 1 aromatic carbocycles. The van der Waals surface area contributed by atoms with E-state index in [0.29, 0.717) is 18.2 Å². The number of rotatable bonds is 5. The first-order valence-electron chi connectivity index (χ1n) is 7.46. The Labute approximate surface area is 127 Å². The molecule has 0 spiro atoms. The summed E-state index contributed by atoms with van der Waals surface area (Å²) < 4.78 is 41.6. The minimum atomic E-state index is -4.43. The maximum atomic E-state index is 13.5. The second kappa shape index (κ2) is 5.76. The van der Waals surface area contributed by atoms with Gasteiger partial charge in [0.1, 0.15) is 0 Å². The molecule has 1 heterocycles. The van der Waals surface area contributed by atoms with Crippen LogP contribution in [0.2, 0.25) is 0 Å². The van der Waals surface area contributed by atoms with Crippen LogP contribution in [0.25, 0.3) is 5.69 Å². The summed E-state index contributed by atoms with van der Waals surface area (Å²) in [6.45, 7) is 2.12. The van der Waals surface area contributed by atoms with Crippen LogP contribution >= 0.6 is 0 Å². The molecule has 3 nitrogen and oxygen atoms in total. The number of benzene rings is 1. The molecule has 2 aromatic rings. The smallest absolute Gasteiger partial charge is 0.310 e. The molecule has 22 heavy (non-hydrogen) atoms. The van der Waals surface area contributed by atoms with Gasteiger partial charge in [-0.15, -0.1) is 0 Å². The molecule has 1 aliphatic rings. The molecule has 6 heteroatoms. The number of para-hydroxylation sites is 1. The van der Waals surface area contributed by atoms with E-state index in [9.17, 15) is 13.2 Å². The first-order valence-corrected chi connectivity index (χ1v) is 7.46. The van der Waals surface area contributed by atoms with Crippen molar-refractivity contribution in [3.05, 3.63) is 47.3 Å². The SMILES string of the molecule is CCc1ccccc1-n1ncc(CNC2CC2)c1C(F)(F)F. The van der Waals surface area contributed by atoms with Gasteiger partial charge in [-0.1, -0.05) is 25.1 Å². The lowest BCUT2D eigenvalue weighted by molar-refractivity contribution is -0.143. The molecule has 1 fully saturated rings. The Morgan fingerprint density at radius 3 is 2.59 bits per heavy atom. The highest BCUT2D eigenvalue weighted by Crippen LogP contribution is 2.34. The zero-order chi connectivity index (χ0) is 15.7. The van der Waals surface area contributed by atoms with E-state index in [1.165, 1.54) is 6.20 Å². The number of aryl methyl sites for hydroxylation is 1. The lowest BCUT2D eigenvalue weighted by Gasteiger charge is -2.15. The number of hydrogen-bond acceptors (Lipinski definition) is 2. The number of aromatic nitrogens is 2. The van der Waals surface area contributed by atoms with E-state index in [-0.39, 0.29) is 12.1 Å². The van der Waals surface area contributed by atoms with Crippen molar-refractivity contribution in [2.45, 2.75) is 44.9 Å². The molecule has 3 rings (SSSR count). The Morgan fingerprint density at radius 1 is 1.23 bits per heavy atom. The third-order valence-electron chi connectivity index (χ3n) is 3.87. The Kier molecular flexibility index (Phi) is 3.95. The summed E-state index contributed by atoms with van der Waals surface area (Å²) in [5, 5.41) is 7.14. The Hall–Kier alpha value is -1.82. The van der Waals surface area contributed by atoms with Crippen LogP contribution in [0.15, 0.2) is 30.5 Å². The molecule has 1 aromatic heterocycles. The lowest BCUT2D eigenvalue weighted by Crippen LogP contribution is -2.21. The van der Waals surface area contributed by atoms with Crippen molar-refractivity contribution in [2.75, 3.05) is 0 Å². The van der Waals surface area contributed by atoms with Crippen molar-refractivity contribution < 1.29 is 13.2 Å². The van der Waals surface area contributed by atoms with Gasteiger partial charge in [0.25, 0.3) is 0 Å². The zero-order valence-electron chi connectivity index (χ0n) is 12.3. The van der Waals surface area contributed by atoms with Gasteiger partial charge in [0.15, 0.2) is 5.69 Å². The molecule has 1 aliphatic carbocycles. The van der Waals surface area contributed by atoms with Crippen molar-refractivity contribution >= 4 is 0 Å². The van der Waals surface area contributed by atoms with Crippen LogP contribution in [-0.4, -0.2) is 15.8 Å². The molecule has 0 radical (unpaired) electrons. The highest BCUT2D eigenvalue weighted by atomic mass is 19.4. The maximum absolute atomic E-state index is 13.5. The third-order valence-corrected chi connectivity index (χ3v) is 3.87. The fourth-order valence-corrected chi connectivity index (χ4v) is 2.55. The van der Waals surface area contributed by atoms with Gasteiger partial charge in [0.2, 0.25) is 0 Å². The minimum absolute atomic E-state index is 0.199. The predicted molar refractivity (Wildman–Crippen MR) is 77.8 cm³/mol. The van der Waals surface area contributed by atoms with Gasteiger partial charge in [-0.05, 0) is 30.9 Å². The molecule has 0 saturated heterocycles. The maximum Gasteiger partial charge on any atom is 0.433 e. The molecule has 0 amide bonds. The Bertz CT molecular complexity index is 657. The summed E-state index contributed by atoms with van der Waals surface area (Å²) in [6, 6.07) is 7.43. The van der Waals surface area contributed by atoms with Crippen LogP contribution in [0.1, 0.15) is 36.6 Å². The van der Waals surface area contributed by atoms with Crippen LogP contribution < -0.4 is 5.32 Å². The first-order chi connectivity index (χ1) is 10.5. The Balaban J connectivity index is 2.03. The molecule has 118 valence electrons. The number of nitrogens with one attached hydrogen (secondary N) is 1. The number of hydrogen-bond donors (Lipinski definition) is 1. The molecule has 0 unspecified atom stereocenters. The van der Waals surface area contributed by atoms with Crippen molar-refractivity contribution in [1.82, 2.24) is 15.1 Å². The Morgan fingerprint density at radius 2 is 1.95 bits per heavy atom. The van der Waals surface area contributed by atoms with Crippen LogP contribution in [-0.2, 0) is 19.1 Å². The van der Waals surface area contributed by atoms with Crippen LogP contribution in [0.5, 0.6) is 0 Å². The second-order valence-corrected chi connectivity index (χ2v) is 5.57. The zero-order valence-corrected chi connectivity index (χ0v) is 12.3. The van der Waals surface area contributed by atoms with E-state index < -0.39 is 11.9 Å². The minimum Gasteiger partial charge on any atom is -0.310 e. The quantitative estimate of drug-likeness (QED) is 0.912. The summed E-state index contributed by atoms with van der Waals surface area (Å²) >= 11 is 0. The van der Waals surface area contributed by atoms with Crippen LogP contribution in [0.4, 0.5) is 13.2 Å². The first kappa shape index (κ1) is 15.1. The van der Waals surface area contributed by atoms with E-state index in [1.807, 2.05) is 19.1 Å². The fourth-order valence-electron chi connectivity index (χ4n) is 2.55. The molecular formula is C16H18F3N3. The number of alkyl halides is 3. The highest BCUT2D eigenvalue weighted by molar-refractivity contribution is 5.43. The highest BCUT2D eigenvalue weighted by Gasteiger charge is 2.39. The number of halogens is 3. The van der Waals surface area contributed by atoms with E-state index >= 15 is 0 Å². The molecule has 0 aliphatic heterocycles. The van der Waals surface area contributed by atoms with Crippen molar-refractivity contribution in [2.24, 2.45) is 0 Å². The monoisotopic (exact) mass is 309 g/mol. The fraction of sp³-hybridized carbons (Fsp3) is 0.438. The van der Waals surface area contributed by atoms with Crippen LogP contribution in [0, 0.1) is 0 Å². The van der Waals surface area contributed by atoms with Gasteiger partial charge in [-0.25, -0.2) is 4.68 Å². The van der Waals surface area contributed by atoms with Crippen molar-refractivity contribution in [3.63, 3.8) is 0 Å². The topological polar surface area (TPSA) is 29.9 Å². The second-order valence-electron chi connectivity index (χ2n) is 5.57. The molecule has 1 saturated carbocycles. The van der Waals surface area contributed by atoms with E-state index in [4.69, 9.17) is 0 Å². The summed E-state index contributed by atoms with van der Waals surface area (Å²) in [7, 11) is 0. The average molecular weight is 309 g/mol. The molecule has 0 bridgehead atoms. The van der Waals surface area contributed by atoms with Gasteiger partial charge >= 0.3 is 6.18 Å².